The fourth-order valence-corrected chi connectivity index (χ4v) is 4.34. The quantitative estimate of drug-likeness (QED) is 0.319. The monoisotopic (exact) mass is 465 g/mol. The molecule has 34 heavy (non-hydrogen) atoms. The fraction of sp³-hybridized carbons (Fsp3) is 0.444. The van der Waals surface area contributed by atoms with Crippen molar-refractivity contribution in [2.75, 3.05) is 26.2 Å². The van der Waals surface area contributed by atoms with Crippen molar-refractivity contribution in [3.8, 4) is 5.75 Å². The summed E-state index contributed by atoms with van der Waals surface area (Å²) in [5.74, 6) is -0.731. The lowest BCUT2D eigenvalue weighted by Gasteiger charge is -2.26. The van der Waals surface area contributed by atoms with E-state index >= 15 is 0 Å². The second kappa shape index (κ2) is 11.3. The smallest absolute Gasteiger partial charge is 0.295 e. The van der Waals surface area contributed by atoms with Gasteiger partial charge in [-0.15, -0.1) is 0 Å². The molecule has 1 aliphatic heterocycles. The van der Waals surface area contributed by atoms with Crippen LogP contribution in [-0.4, -0.2) is 63.9 Å². The zero-order chi connectivity index (χ0) is 24.8. The maximum atomic E-state index is 13.2. The van der Waals surface area contributed by atoms with Crippen molar-refractivity contribution in [1.29, 1.82) is 0 Å². The van der Waals surface area contributed by atoms with Crippen LogP contribution in [0.2, 0.25) is 0 Å². The number of ketones is 1. The average Bonchev–Trinajstić information content (AvgIpc) is 3.08. The Kier molecular flexibility index (Phi) is 8.45. The van der Waals surface area contributed by atoms with Crippen molar-refractivity contribution in [2.45, 2.75) is 53.2 Å². The highest BCUT2D eigenvalue weighted by atomic mass is 16.5. The molecule has 0 spiro atoms. The molecule has 2 heterocycles. The molecule has 1 fully saturated rings. The Hall–Kier alpha value is -3.19. The molecule has 0 radical (unpaired) electrons. The lowest BCUT2D eigenvalue weighted by Crippen LogP contribution is -2.33. The Morgan fingerprint density at radius 1 is 1.21 bits per heavy atom. The molecule has 0 saturated carbocycles. The molecule has 3 rings (SSSR count). The van der Waals surface area contributed by atoms with Gasteiger partial charge in [-0.3, -0.25) is 14.6 Å². The van der Waals surface area contributed by atoms with Gasteiger partial charge < -0.3 is 19.6 Å². The van der Waals surface area contributed by atoms with Gasteiger partial charge in [-0.2, -0.15) is 0 Å². The number of nitrogens with zero attached hydrogens (tertiary/aromatic N) is 3. The first-order valence-corrected chi connectivity index (χ1v) is 12.0. The molecule has 1 saturated heterocycles. The number of hydrogen-bond donors (Lipinski definition) is 1. The van der Waals surface area contributed by atoms with Crippen molar-refractivity contribution in [3.05, 3.63) is 65.0 Å². The van der Waals surface area contributed by atoms with E-state index in [9.17, 15) is 14.7 Å². The summed E-state index contributed by atoms with van der Waals surface area (Å²) in [7, 11) is 0. The number of pyridine rings is 1. The van der Waals surface area contributed by atoms with Crippen molar-refractivity contribution in [1.82, 2.24) is 14.8 Å². The van der Waals surface area contributed by atoms with Crippen LogP contribution in [0.15, 0.2) is 48.3 Å². The third-order valence-electron chi connectivity index (χ3n) is 6.12. The Bertz CT molecular complexity index is 1050. The van der Waals surface area contributed by atoms with Crippen LogP contribution >= 0.6 is 0 Å². The summed E-state index contributed by atoms with van der Waals surface area (Å²) in [5, 5.41) is 11.3. The molecule has 2 aromatic rings. The molecule has 1 unspecified atom stereocenters. The topological polar surface area (TPSA) is 83.0 Å². The van der Waals surface area contributed by atoms with Gasteiger partial charge in [0.2, 0.25) is 0 Å². The van der Waals surface area contributed by atoms with Crippen molar-refractivity contribution in [2.24, 2.45) is 0 Å². The third kappa shape index (κ3) is 5.47. The minimum atomic E-state index is -0.683. The summed E-state index contributed by atoms with van der Waals surface area (Å²) in [6.45, 7) is 13.1. The van der Waals surface area contributed by atoms with E-state index in [2.05, 4.69) is 23.7 Å². The molecule has 7 nitrogen and oxygen atoms in total. The van der Waals surface area contributed by atoms with E-state index in [1.807, 2.05) is 26.8 Å². The van der Waals surface area contributed by atoms with Crippen molar-refractivity contribution >= 4 is 17.4 Å². The Morgan fingerprint density at radius 3 is 2.53 bits per heavy atom. The summed E-state index contributed by atoms with van der Waals surface area (Å²) < 4.78 is 5.79. The van der Waals surface area contributed by atoms with E-state index in [0.29, 0.717) is 23.4 Å². The number of aliphatic hydroxyl groups excluding tert-OH is 1. The number of aromatic nitrogens is 1. The molecular weight excluding hydrogens is 430 g/mol. The number of carbonyl (C=O) groups excluding carboxylic acids is 2. The molecular formula is C27H35N3O4. The van der Waals surface area contributed by atoms with Gasteiger partial charge in [-0.1, -0.05) is 19.9 Å². The number of Topliss-reactive ketones (excluding diaryl/α,β-unsaturated/α-hetero) is 1. The highest BCUT2D eigenvalue weighted by molar-refractivity contribution is 6.46. The standard InChI is InChI=1S/C27H35N3O4/c1-6-29(7-2)14-9-15-30-24(21-10-8-13-28-17-21)23(26(32)27(30)33)25(31)20-11-12-22(19(5)16-20)34-18(3)4/h8,10-13,16-18,24,31H,6-7,9,14-15H2,1-5H3/b25-23+. The highest BCUT2D eigenvalue weighted by Gasteiger charge is 2.45. The van der Waals surface area contributed by atoms with Crippen LogP contribution in [0.25, 0.3) is 5.76 Å². The van der Waals surface area contributed by atoms with Gasteiger partial charge in [0.25, 0.3) is 11.7 Å². The van der Waals surface area contributed by atoms with Gasteiger partial charge in [0, 0.05) is 24.5 Å². The minimum Gasteiger partial charge on any atom is -0.507 e. The maximum Gasteiger partial charge on any atom is 0.295 e. The second-order valence-corrected chi connectivity index (χ2v) is 8.81. The zero-order valence-electron chi connectivity index (χ0n) is 20.7. The number of likely N-dealkylation sites (tertiary alicyclic amines) is 1. The van der Waals surface area contributed by atoms with Crippen LogP contribution in [0, 0.1) is 6.92 Å². The average molecular weight is 466 g/mol. The van der Waals surface area contributed by atoms with Crippen molar-refractivity contribution in [3.63, 3.8) is 0 Å². The van der Waals surface area contributed by atoms with Crippen LogP contribution in [0.4, 0.5) is 0 Å². The number of rotatable bonds is 10. The first-order valence-electron chi connectivity index (χ1n) is 12.0. The predicted octanol–water partition coefficient (Wildman–Crippen LogP) is 4.33. The summed E-state index contributed by atoms with van der Waals surface area (Å²) >= 11 is 0. The Balaban J connectivity index is 2.00. The van der Waals surface area contributed by atoms with Crippen LogP contribution in [0.3, 0.4) is 0 Å². The highest BCUT2D eigenvalue weighted by Crippen LogP contribution is 2.39. The summed E-state index contributed by atoms with van der Waals surface area (Å²) in [5.41, 5.74) is 2.10. The van der Waals surface area contributed by atoms with Crippen LogP contribution in [-0.2, 0) is 9.59 Å². The van der Waals surface area contributed by atoms with E-state index in [0.717, 1.165) is 31.6 Å². The molecule has 1 aromatic heterocycles. The summed E-state index contributed by atoms with van der Waals surface area (Å²) in [6.07, 6.45) is 4.04. The van der Waals surface area contributed by atoms with E-state index < -0.39 is 17.7 Å². The van der Waals surface area contributed by atoms with E-state index in [-0.39, 0.29) is 17.4 Å². The molecule has 182 valence electrons. The first kappa shape index (κ1) is 25.4. The van der Waals surface area contributed by atoms with Gasteiger partial charge in [0.15, 0.2) is 0 Å². The molecule has 1 N–H and O–H groups in total. The fourth-order valence-electron chi connectivity index (χ4n) is 4.34. The van der Waals surface area contributed by atoms with E-state index in [1.54, 1.807) is 41.6 Å². The molecule has 1 aliphatic rings. The van der Waals surface area contributed by atoms with Gasteiger partial charge in [0.05, 0.1) is 17.7 Å². The maximum absolute atomic E-state index is 13.2. The van der Waals surface area contributed by atoms with Crippen molar-refractivity contribution < 1.29 is 19.4 Å². The van der Waals surface area contributed by atoms with Crippen LogP contribution in [0.1, 0.15) is 56.8 Å². The van der Waals surface area contributed by atoms with Gasteiger partial charge in [0.1, 0.15) is 11.5 Å². The number of aliphatic hydroxyl groups is 1. The molecule has 1 aromatic carbocycles. The van der Waals surface area contributed by atoms with Crippen LogP contribution in [0.5, 0.6) is 5.75 Å². The molecule has 0 aliphatic carbocycles. The lowest BCUT2D eigenvalue weighted by molar-refractivity contribution is -0.140. The number of amides is 1. The Labute approximate surface area is 202 Å². The number of ether oxygens (including phenoxy) is 1. The second-order valence-electron chi connectivity index (χ2n) is 8.81. The first-order chi connectivity index (χ1) is 16.3. The number of carbonyl (C=O) groups is 2. The molecule has 0 bridgehead atoms. The number of aryl methyl sites for hydroxylation is 1. The molecule has 1 atom stereocenters. The molecule has 1 amide bonds. The van der Waals surface area contributed by atoms with Crippen LogP contribution < -0.4 is 4.74 Å². The Morgan fingerprint density at radius 2 is 1.94 bits per heavy atom. The number of benzene rings is 1. The lowest BCUT2D eigenvalue weighted by atomic mass is 9.95. The summed E-state index contributed by atoms with van der Waals surface area (Å²) in [4.78, 5) is 34.3. The SMILES string of the molecule is CCN(CC)CCCN1C(=O)C(=O)/C(=C(/O)c2ccc(OC(C)C)c(C)c2)C1c1cccnc1. The van der Waals surface area contributed by atoms with E-state index in [1.165, 1.54) is 0 Å². The largest absolute Gasteiger partial charge is 0.507 e. The predicted molar refractivity (Wildman–Crippen MR) is 133 cm³/mol. The van der Waals surface area contributed by atoms with Gasteiger partial charge in [-0.25, -0.2) is 0 Å². The molecule has 7 heteroatoms. The summed E-state index contributed by atoms with van der Waals surface area (Å²) in [6, 6.07) is 8.20. The normalized spacial score (nSPS) is 17.7. The third-order valence-corrected chi connectivity index (χ3v) is 6.12. The minimum absolute atomic E-state index is 0.0189. The van der Waals surface area contributed by atoms with Gasteiger partial charge >= 0.3 is 0 Å². The van der Waals surface area contributed by atoms with Gasteiger partial charge in [-0.05, 0) is 82.2 Å². The van der Waals surface area contributed by atoms with E-state index in [4.69, 9.17) is 4.74 Å². The number of hydrogen-bond acceptors (Lipinski definition) is 6. The zero-order valence-corrected chi connectivity index (χ0v) is 20.7.